The van der Waals surface area contributed by atoms with Crippen molar-refractivity contribution in [1.29, 1.82) is 0 Å². The van der Waals surface area contributed by atoms with Gasteiger partial charge in [0.1, 0.15) is 6.04 Å². The second kappa shape index (κ2) is 10.6. The number of nitrogens with one attached hydrogen (secondary N) is 2. The third-order valence-electron chi connectivity index (χ3n) is 3.22. The number of nitrogens with zero attached hydrogens (tertiary/aromatic N) is 1. The Hall–Kier alpha value is -1.15. The number of rotatable bonds is 11. The van der Waals surface area contributed by atoms with E-state index >= 15 is 0 Å². The SMILES string of the molecule is O=C(CCCCCCC(S)S)NC(Cc1c[nH]cn1)C(=O)O. The van der Waals surface area contributed by atoms with E-state index in [4.69, 9.17) is 5.11 Å². The van der Waals surface area contributed by atoms with Crippen molar-refractivity contribution in [2.24, 2.45) is 0 Å². The van der Waals surface area contributed by atoms with Crippen molar-refractivity contribution in [2.75, 3.05) is 0 Å². The molecule has 0 aliphatic carbocycles. The Morgan fingerprint density at radius 3 is 2.59 bits per heavy atom. The zero-order chi connectivity index (χ0) is 16.4. The number of imidazole rings is 1. The molecule has 1 atom stereocenters. The van der Waals surface area contributed by atoms with Crippen molar-refractivity contribution < 1.29 is 14.7 Å². The van der Waals surface area contributed by atoms with Gasteiger partial charge in [-0.05, 0) is 12.8 Å². The second-order valence-electron chi connectivity index (χ2n) is 5.16. The van der Waals surface area contributed by atoms with Crippen LogP contribution in [0.25, 0.3) is 0 Å². The monoisotopic (exact) mass is 345 g/mol. The maximum Gasteiger partial charge on any atom is 0.326 e. The van der Waals surface area contributed by atoms with Gasteiger partial charge in [-0.25, -0.2) is 9.78 Å². The van der Waals surface area contributed by atoms with Gasteiger partial charge in [0.2, 0.25) is 5.91 Å². The Kier molecular flexibility index (Phi) is 9.07. The Balaban J connectivity index is 2.22. The molecule has 22 heavy (non-hydrogen) atoms. The van der Waals surface area contributed by atoms with Crippen molar-refractivity contribution in [3.05, 3.63) is 18.2 Å². The summed E-state index contributed by atoms with van der Waals surface area (Å²) in [5, 5.41) is 11.7. The smallest absolute Gasteiger partial charge is 0.326 e. The van der Waals surface area contributed by atoms with Gasteiger partial charge in [0.25, 0.3) is 0 Å². The highest BCUT2D eigenvalue weighted by molar-refractivity contribution is 7.99. The van der Waals surface area contributed by atoms with E-state index in [9.17, 15) is 9.59 Å². The minimum absolute atomic E-state index is 0.113. The summed E-state index contributed by atoms with van der Waals surface area (Å²) in [5.41, 5.74) is 0.612. The lowest BCUT2D eigenvalue weighted by atomic mass is 10.1. The molecule has 0 fully saturated rings. The Morgan fingerprint density at radius 1 is 1.27 bits per heavy atom. The molecular weight excluding hydrogens is 322 g/mol. The number of carboxylic acids is 1. The van der Waals surface area contributed by atoms with Crippen molar-refractivity contribution in [3.63, 3.8) is 0 Å². The van der Waals surface area contributed by atoms with E-state index < -0.39 is 12.0 Å². The van der Waals surface area contributed by atoms with Gasteiger partial charge in [-0.15, -0.1) is 0 Å². The van der Waals surface area contributed by atoms with E-state index in [0.29, 0.717) is 12.1 Å². The van der Waals surface area contributed by atoms with Crippen LogP contribution in [0.3, 0.4) is 0 Å². The fourth-order valence-corrected chi connectivity index (χ4v) is 2.41. The summed E-state index contributed by atoms with van der Waals surface area (Å²) in [6.07, 6.45) is 8.34. The molecule has 0 saturated carbocycles. The molecule has 124 valence electrons. The van der Waals surface area contributed by atoms with Gasteiger partial charge in [0.05, 0.1) is 12.0 Å². The van der Waals surface area contributed by atoms with E-state index in [1.807, 2.05) is 0 Å². The summed E-state index contributed by atoms with van der Waals surface area (Å²) < 4.78 is 0.113. The fourth-order valence-electron chi connectivity index (χ4n) is 2.04. The summed E-state index contributed by atoms with van der Waals surface area (Å²) in [4.78, 5) is 29.7. The van der Waals surface area contributed by atoms with E-state index in [-0.39, 0.29) is 16.9 Å². The predicted molar refractivity (Wildman–Crippen MR) is 91.3 cm³/mol. The highest BCUT2D eigenvalue weighted by Gasteiger charge is 2.20. The highest BCUT2D eigenvalue weighted by Crippen LogP contribution is 2.13. The van der Waals surface area contributed by atoms with Crippen molar-refractivity contribution in [1.82, 2.24) is 15.3 Å². The van der Waals surface area contributed by atoms with Crippen LogP contribution in [0.5, 0.6) is 0 Å². The number of thiol groups is 2. The number of unbranched alkanes of at least 4 members (excludes halogenated alkanes) is 3. The third-order valence-corrected chi connectivity index (χ3v) is 3.73. The minimum atomic E-state index is -1.05. The standard InChI is InChI=1S/C14H23N3O3S2/c18-12(5-3-1-2-4-6-13(21)22)17-11(14(19)20)7-10-8-15-9-16-10/h8-9,11,13,21-22H,1-7H2,(H,15,16)(H,17,18)(H,19,20). The maximum absolute atomic E-state index is 11.8. The van der Waals surface area contributed by atoms with Crippen molar-refractivity contribution in [3.8, 4) is 0 Å². The first kappa shape index (κ1) is 18.9. The number of aromatic amines is 1. The zero-order valence-corrected chi connectivity index (χ0v) is 14.2. The minimum Gasteiger partial charge on any atom is -0.480 e. The average molecular weight is 345 g/mol. The molecular formula is C14H23N3O3S2. The first-order valence-corrected chi connectivity index (χ1v) is 8.38. The van der Waals surface area contributed by atoms with Crippen LogP contribution in [0.4, 0.5) is 0 Å². The molecule has 1 aromatic rings. The number of carbonyl (C=O) groups excluding carboxylic acids is 1. The Labute approximate surface area is 141 Å². The molecule has 0 radical (unpaired) electrons. The van der Waals surface area contributed by atoms with Gasteiger partial charge in [-0.2, -0.15) is 25.3 Å². The van der Waals surface area contributed by atoms with Gasteiger partial charge >= 0.3 is 5.97 Å². The largest absolute Gasteiger partial charge is 0.480 e. The maximum atomic E-state index is 11.8. The average Bonchev–Trinajstić information content (AvgIpc) is 2.94. The third kappa shape index (κ3) is 8.33. The summed E-state index contributed by atoms with van der Waals surface area (Å²) in [5.74, 6) is -1.28. The molecule has 8 heteroatoms. The Morgan fingerprint density at radius 2 is 2.00 bits per heavy atom. The van der Waals surface area contributed by atoms with E-state index in [2.05, 4.69) is 40.5 Å². The number of aliphatic carboxylic acids is 1. The highest BCUT2D eigenvalue weighted by atomic mass is 32.2. The second-order valence-corrected chi connectivity index (χ2v) is 6.81. The van der Waals surface area contributed by atoms with Gasteiger partial charge in [0.15, 0.2) is 0 Å². The molecule has 0 spiro atoms. The van der Waals surface area contributed by atoms with Crippen molar-refractivity contribution >= 4 is 37.1 Å². The Bertz CT molecular complexity index is 452. The molecule has 1 aromatic heterocycles. The molecule has 1 rings (SSSR count). The fraction of sp³-hybridized carbons (Fsp3) is 0.643. The van der Waals surface area contributed by atoms with Gasteiger partial charge in [0, 0.05) is 23.6 Å². The van der Waals surface area contributed by atoms with Crippen LogP contribution in [0.15, 0.2) is 12.5 Å². The van der Waals surface area contributed by atoms with Crippen molar-refractivity contribution in [2.45, 2.75) is 55.6 Å². The number of H-pyrrole nitrogens is 1. The van der Waals surface area contributed by atoms with Gasteiger partial charge in [-0.3, -0.25) is 4.79 Å². The molecule has 0 aromatic carbocycles. The van der Waals surface area contributed by atoms with Crippen LogP contribution in [0, 0.1) is 0 Å². The lowest BCUT2D eigenvalue weighted by Gasteiger charge is -2.13. The molecule has 1 heterocycles. The van der Waals surface area contributed by atoms with Crippen LogP contribution >= 0.6 is 25.3 Å². The predicted octanol–water partition coefficient (Wildman–Crippen LogP) is 2.05. The normalized spacial score (nSPS) is 12.3. The lowest BCUT2D eigenvalue weighted by molar-refractivity contribution is -0.141. The summed E-state index contributed by atoms with van der Waals surface area (Å²) in [6.45, 7) is 0. The molecule has 0 aliphatic heterocycles. The molecule has 0 aliphatic rings. The summed E-state index contributed by atoms with van der Waals surface area (Å²) in [7, 11) is 0. The summed E-state index contributed by atoms with van der Waals surface area (Å²) >= 11 is 8.37. The van der Waals surface area contributed by atoms with Crippen LogP contribution < -0.4 is 5.32 Å². The quantitative estimate of drug-likeness (QED) is 0.241. The molecule has 0 bridgehead atoms. The van der Waals surface area contributed by atoms with E-state index in [1.54, 1.807) is 6.20 Å². The molecule has 1 amide bonds. The number of carbonyl (C=O) groups is 2. The first-order valence-electron chi connectivity index (χ1n) is 7.35. The summed E-state index contributed by atoms with van der Waals surface area (Å²) in [6, 6.07) is -0.940. The van der Waals surface area contributed by atoms with E-state index in [0.717, 1.165) is 32.1 Å². The zero-order valence-electron chi connectivity index (χ0n) is 12.4. The number of hydrogen-bond donors (Lipinski definition) is 5. The van der Waals surface area contributed by atoms with Crippen LogP contribution in [0.1, 0.15) is 44.2 Å². The molecule has 1 unspecified atom stereocenters. The molecule has 3 N–H and O–H groups in total. The molecule has 6 nitrogen and oxygen atoms in total. The number of carboxylic acid groups (broad SMARTS) is 1. The topological polar surface area (TPSA) is 95.1 Å². The number of aromatic nitrogens is 2. The lowest BCUT2D eigenvalue weighted by Crippen LogP contribution is -2.42. The van der Waals surface area contributed by atoms with Crippen LogP contribution in [0.2, 0.25) is 0 Å². The van der Waals surface area contributed by atoms with Crippen LogP contribution in [-0.2, 0) is 16.0 Å². The molecule has 0 saturated heterocycles. The van der Waals surface area contributed by atoms with Gasteiger partial charge < -0.3 is 15.4 Å². The van der Waals surface area contributed by atoms with E-state index in [1.165, 1.54) is 6.33 Å². The van der Waals surface area contributed by atoms with Gasteiger partial charge in [-0.1, -0.05) is 19.3 Å². The first-order chi connectivity index (χ1) is 10.5. The van der Waals surface area contributed by atoms with Crippen LogP contribution in [-0.4, -0.2) is 37.6 Å². The number of hydrogen-bond acceptors (Lipinski definition) is 5. The number of amides is 1.